The summed E-state index contributed by atoms with van der Waals surface area (Å²) in [6, 6.07) is 0. The molecule has 0 unspecified atom stereocenters. The van der Waals surface area contributed by atoms with Crippen LogP contribution in [0.2, 0.25) is 0 Å². The van der Waals surface area contributed by atoms with Crippen LogP contribution in [-0.2, 0) is 19.5 Å². The van der Waals surface area contributed by atoms with E-state index in [2.05, 4.69) is 53.5 Å². The summed E-state index contributed by atoms with van der Waals surface area (Å²) in [4.78, 5) is 4.36. The van der Waals surface area contributed by atoms with E-state index in [-0.39, 0.29) is 0 Å². The monoisotopic (exact) mass is 292 g/mol. The molecular formula is C14H24N6O. The van der Waals surface area contributed by atoms with Crippen molar-refractivity contribution in [2.24, 2.45) is 11.8 Å². The number of nitrogens with zero attached hydrogens (tertiary/aromatic N) is 5. The molecule has 0 amide bonds. The van der Waals surface area contributed by atoms with Crippen LogP contribution in [-0.4, -0.2) is 31.7 Å². The Morgan fingerprint density at radius 1 is 1.24 bits per heavy atom. The van der Waals surface area contributed by atoms with Gasteiger partial charge in [0.25, 0.3) is 0 Å². The minimum atomic E-state index is 0.461. The highest BCUT2D eigenvalue weighted by atomic mass is 16.5. The number of hydrogen-bond acceptors (Lipinski definition) is 6. The molecule has 7 nitrogen and oxygen atoms in total. The minimum absolute atomic E-state index is 0.461. The van der Waals surface area contributed by atoms with Crippen LogP contribution >= 0.6 is 0 Å². The third-order valence-corrected chi connectivity index (χ3v) is 2.84. The van der Waals surface area contributed by atoms with Gasteiger partial charge in [-0.1, -0.05) is 38.1 Å². The van der Waals surface area contributed by atoms with E-state index in [0.29, 0.717) is 24.3 Å². The zero-order chi connectivity index (χ0) is 15.2. The first kappa shape index (κ1) is 15.6. The molecule has 0 aliphatic heterocycles. The first-order valence-corrected chi connectivity index (χ1v) is 7.44. The van der Waals surface area contributed by atoms with E-state index in [1.807, 2.05) is 6.20 Å². The van der Waals surface area contributed by atoms with Gasteiger partial charge in [0.1, 0.15) is 6.54 Å². The highest BCUT2D eigenvalue weighted by Gasteiger charge is 2.10. The summed E-state index contributed by atoms with van der Waals surface area (Å²) in [5.41, 5.74) is 0.914. The molecule has 7 heteroatoms. The number of rotatable bonds is 8. The zero-order valence-electron chi connectivity index (χ0n) is 13.2. The van der Waals surface area contributed by atoms with E-state index in [0.717, 1.165) is 31.0 Å². The topological polar surface area (TPSA) is 81.7 Å². The van der Waals surface area contributed by atoms with Gasteiger partial charge in [-0.05, 0) is 18.4 Å². The highest BCUT2D eigenvalue weighted by Crippen LogP contribution is 2.06. The Kier molecular flexibility index (Phi) is 5.44. The fourth-order valence-corrected chi connectivity index (χ4v) is 1.93. The normalized spacial score (nSPS) is 11.7. The molecule has 2 aromatic heterocycles. The zero-order valence-corrected chi connectivity index (χ0v) is 13.2. The Bertz CT molecular complexity index is 545. The van der Waals surface area contributed by atoms with Crippen LogP contribution in [0, 0.1) is 11.8 Å². The molecule has 116 valence electrons. The summed E-state index contributed by atoms with van der Waals surface area (Å²) in [7, 11) is 0. The van der Waals surface area contributed by atoms with Gasteiger partial charge in [-0.25, -0.2) is 4.68 Å². The number of nitrogens with one attached hydrogen (secondary N) is 1. The predicted octanol–water partition coefficient (Wildman–Crippen LogP) is 1.65. The number of aromatic nitrogens is 5. The summed E-state index contributed by atoms with van der Waals surface area (Å²) < 4.78 is 6.95. The second-order valence-corrected chi connectivity index (χ2v) is 6.13. The van der Waals surface area contributed by atoms with Gasteiger partial charge in [0, 0.05) is 13.0 Å². The Morgan fingerprint density at radius 3 is 2.76 bits per heavy atom. The van der Waals surface area contributed by atoms with E-state index in [1.54, 1.807) is 4.68 Å². The van der Waals surface area contributed by atoms with Crippen LogP contribution < -0.4 is 5.32 Å². The van der Waals surface area contributed by atoms with Crippen LogP contribution in [0.3, 0.4) is 0 Å². The summed E-state index contributed by atoms with van der Waals surface area (Å²) >= 11 is 0. The molecule has 2 rings (SSSR count). The quantitative estimate of drug-likeness (QED) is 0.796. The standard InChI is InChI=1S/C14H24N6O/c1-10(2)5-13-16-14(21-18-13)9-20-8-12(17-19-20)7-15-6-11(3)4/h8,10-11,15H,5-7,9H2,1-4H3. The largest absolute Gasteiger partial charge is 0.337 e. The molecule has 1 N–H and O–H groups in total. The van der Waals surface area contributed by atoms with Crippen molar-refractivity contribution < 1.29 is 4.52 Å². The van der Waals surface area contributed by atoms with Crippen LogP contribution in [0.1, 0.15) is 45.1 Å². The molecule has 0 aromatic carbocycles. The van der Waals surface area contributed by atoms with Crippen LogP contribution in [0.4, 0.5) is 0 Å². The van der Waals surface area contributed by atoms with Crippen LogP contribution in [0.15, 0.2) is 10.7 Å². The second-order valence-electron chi connectivity index (χ2n) is 6.13. The maximum absolute atomic E-state index is 5.23. The third kappa shape index (κ3) is 5.26. The van der Waals surface area contributed by atoms with Crippen molar-refractivity contribution >= 4 is 0 Å². The molecule has 0 spiro atoms. The molecule has 2 heterocycles. The maximum Gasteiger partial charge on any atom is 0.248 e. The number of hydrogen-bond donors (Lipinski definition) is 1. The molecule has 0 saturated heterocycles. The van der Waals surface area contributed by atoms with Crippen molar-refractivity contribution in [1.82, 2.24) is 30.5 Å². The lowest BCUT2D eigenvalue weighted by Gasteiger charge is -2.04. The molecule has 0 aliphatic carbocycles. The molecule has 0 fully saturated rings. The Morgan fingerprint density at radius 2 is 2.05 bits per heavy atom. The van der Waals surface area contributed by atoms with E-state index in [1.165, 1.54) is 0 Å². The van der Waals surface area contributed by atoms with E-state index < -0.39 is 0 Å². The van der Waals surface area contributed by atoms with Crippen molar-refractivity contribution in [3.05, 3.63) is 23.6 Å². The molecule has 21 heavy (non-hydrogen) atoms. The average molecular weight is 292 g/mol. The highest BCUT2D eigenvalue weighted by molar-refractivity contribution is 4.94. The van der Waals surface area contributed by atoms with Crippen molar-refractivity contribution in [3.8, 4) is 0 Å². The lowest BCUT2D eigenvalue weighted by molar-refractivity contribution is 0.358. The molecule has 0 radical (unpaired) electrons. The lowest BCUT2D eigenvalue weighted by Crippen LogP contribution is -2.19. The second kappa shape index (κ2) is 7.31. The van der Waals surface area contributed by atoms with Gasteiger partial charge in [-0.2, -0.15) is 4.98 Å². The fraction of sp³-hybridized carbons (Fsp3) is 0.714. The Labute approximate surface area is 125 Å². The maximum atomic E-state index is 5.23. The van der Waals surface area contributed by atoms with Gasteiger partial charge in [0.05, 0.1) is 11.9 Å². The van der Waals surface area contributed by atoms with Gasteiger partial charge in [-0.15, -0.1) is 5.10 Å². The minimum Gasteiger partial charge on any atom is -0.337 e. The van der Waals surface area contributed by atoms with Crippen molar-refractivity contribution in [1.29, 1.82) is 0 Å². The summed E-state index contributed by atoms with van der Waals surface area (Å²) in [5, 5.41) is 15.5. The molecule has 0 bridgehead atoms. The predicted molar refractivity (Wildman–Crippen MR) is 78.5 cm³/mol. The van der Waals surface area contributed by atoms with Gasteiger partial charge < -0.3 is 9.84 Å². The van der Waals surface area contributed by atoms with Crippen molar-refractivity contribution in [2.45, 2.75) is 47.2 Å². The summed E-state index contributed by atoms with van der Waals surface area (Å²) in [6.07, 6.45) is 2.73. The first-order valence-electron chi connectivity index (χ1n) is 7.44. The summed E-state index contributed by atoms with van der Waals surface area (Å²) in [5.74, 6) is 2.45. The van der Waals surface area contributed by atoms with E-state index in [9.17, 15) is 0 Å². The van der Waals surface area contributed by atoms with Gasteiger partial charge in [0.15, 0.2) is 5.82 Å². The smallest absolute Gasteiger partial charge is 0.248 e. The Hall–Kier alpha value is -1.76. The van der Waals surface area contributed by atoms with Gasteiger partial charge >= 0.3 is 0 Å². The SMILES string of the molecule is CC(C)CNCc1cn(Cc2nc(CC(C)C)no2)nn1. The molecular weight excluding hydrogens is 268 g/mol. The van der Waals surface area contributed by atoms with Crippen LogP contribution in [0.5, 0.6) is 0 Å². The fourth-order valence-electron chi connectivity index (χ4n) is 1.93. The Balaban J connectivity index is 1.85. The van der Waals surface area contributed by atoms with Crippen molar-refractivity contribution in [2.75, 3.05) is 6.54 Å². The van der Waals surface area contributed by atoms with Crippen LogP contribution in [0.25, 0.3) is 0 Å². The third-order valence-electron chi connectivity index (χ3n) is 2.84. The molecule has 0 aliphatic rings. The van der Waals surface area contributed by atoms with Gasteiger partial charge in [-0.3, -0.25) is 0 Å². The molecule has 2 aromatic rings. The molecule has 0 atom stereocenters. The average Bonchev–Trinajstić information content (AvgIpc) is 2.99. The lowest BCUT2D eigenvalue weighted by atomic mass is 10.1. The van der Waals surface area contributed by atoms with E-state index >= 15 is 0 Å². The van der Waals surface area contributed by atoms with Gasteiger partial charge in [0.2, 0.25) is 5.89 Å². The van der Waals surface area contributed by atoms with E-state index in [4.69, 9.17) is 4.52 Å². The first-order chi connectivity index (χ1) is 10.0. The summed E-state index contributed by atoms with van der Waals surface area (Å²) in [6.45, 7) is 10.8. The van der Waals surface area contributed by atoms with Crippen molar-refractivity contribution in [3.63, 3.8) is 0 Å². The molecule has 0 saturated carbocycles.